The lowest BCUT2D eigenvalue weighted by atomic mass is 9.92. The molecule has 4 N–H and O–H groups in total. The molecule has 0 aliphatic carbocycles. The summed E-state index contributed by atoms with van der Waals surface area (Å²) in [5, 5.41) is 26.7. The number of ether oxygens (including phenoxy) is 2. The van der Waals surface area contributed by atoms with E-state index < -0.39 is 11.2 Å². The van der Waals surface area contributed by atoms with Crippen LogP contribution in [-0.4, -0.2) is 31.4 Å². The van der Waals surface area contributed by atoms with Crippen molar-refractivity contribution in [3.05, 3.63) is 94.1 Å². The summed E-state index contributed by atoms with van der Waals surface area (Å²) < 4.78 is 13.5. The van der Waals surface area contributed by atoms with Crippen molar-refractivity contribution in [2.75, 3.05) is 0 Å². The molecular formula is C46H48N2O4. The first-order valence-electron chi connectivity index (χ1n) is 18.4. The average molecular weight is 693 g/mol. The number of phenols is 2. The number of phenolic OH excluding ortho intramolecular Hbond substituents is 2. The Morgan fingerprint density at radius 3 is 1.69 bits per heavy atom. The van der Waals surface area contributed by atoms with Gasteiger partial charge < -0.3 is 29.7 Å². The molecule has 4 heterocycles. The fraction of sp³-hybridized carbons (Fsp3) is 0.304. The maximum atomic E-state index is 11.6. The van der Waals surface area contributed by atoms with Crippen LogP contribution < -0.4 is 9.47 Å². The van der Waals surface area contributed by atoms with E-state index in [1.807, 2.05) is 6.07 Å². The van der Waals surface area contributed by atoms with E-state index in [-0.39, 0.29) is 11.5 Å². The van der Waals surface area contributed by atoms with Gasteiger partial charge in [0, 0.05) is 43.8 Å². The Hall–Kier alpha value is -5.36. The summed E-state index contributed by atoms with van der Waals surface area (Å²) in [6, 6.07) is 11.6. The predicted molar refractivity (Wildman–Crippen MR) is 217 cm³/mol. The van der Waals surface area contributed by atoms with E-state index in [4.69, 9.17) is 9.47 Å². The highest BCUT2D eigenvalue weighted by Gasteiger charge is 2.32. The van der Waals surface area contributed by atoms with E-state index in [1.165, 1.54) is 11.1 Å². The Balaban J connectivity index is 1.28. The molecule has 0 bridgehead atoms. The van der Waals surface area contributed by atoms with Crippen LogP contribution in [0, 0.1) is 13.8 Å². The van der Waals surface area contributed by atoms with Gasteiger partial charge in [0.15, 0.2) is 0 Å². The molecule has 6 nitrogen and oxygen atoms in total. The number of aromatic nitrogens is 2. The Kier molecular flexibility index (Phi) is 7.87. The molecule has 0 saturated carbocycles. The third-order valence-corrected chi connectivity index (χ3v) is 10.9. The Morgan fingerprint density at radius 2 is 1.15 bits per heavy atom. The van der Waals surface area contributed by atoms with Crippen LogP contribution in [0.5, 0.6) is 23.0 Å². The first kappa shape index (κ1) is 33.8. The average Bonchev–Trinajstić information content (AvgIpc) is 3.62. The minimum absolute atomic E-state index is 0.127. The van der Waals surface area contributed by atoms with Gasteiger partial charge in [0.1, 0.15) is 34.2 Å². The van der Waals surface area contributed by atoms with Crippen molar-refractivity contribution in [2.45, 2.75) is 92.3 Å². The summed E-state index contributed by atoms with van der Waals surface area (Å²) in [6.45, 7) is 17.0. The molecule has 0 unspecified atom stereocenters. The maximum Gasteiger partial charge on any atom is 0.132 e. The van der Waals surface area contributed by atoms with E-state index in [0.29, 0.717) is 11.1 Å². The molecule has 2 aliphatic rings. The highest BCUT2D eigenvalue weighted by atomic mass is 16.5. The van der Waals surface area contributed by atoms with Crippen molar-refractivity contribution in [3.8, 4) is 34.1 Å². The predicted octanol–water partition coefficient (Wildman–Crippen LogP) is 12.5. The van der Waals surface area contributed by atoms with Gasteiger partial charge in [-0.25, -0.2) is 0 Å². The number of benzene rings is 4. The van der Waals surface area contributed by atoms with Crippen LogP contribution in [-0.2, 0) is 0 Å². The number of hydrogen-bond donors (Lipinski definition) is 4. The molecule has 0 spiro atoms. The lowest BCUT2D eigenvalue weighted by Crippen LogP contribution is -2.32. The van der Waals surface area contributed by atoms with Gasteiger partial charge in [-0.05, 0) is 153 Å². The number of nitrogens with one attached hydrogen (secondary N) is 2. The molecule has 6 heteroatoms. The van der Waals surface area contributed by atoms with Crippen LogP contribution in [0.25, 0.3) is 66.9 Å². The lowest BCUT2D eigenvalue weighted by Gasteiger charge is -2.32. The molecule has 2 aromatic heterocycles. The molecule has 2 atom stereocenters. The zero-order valence-corrected chi connectivity index (χ0v) is 31.5. The third kappa shape index (κ3) is 5.56. The second kappa shape index (κ2) is 12.1. The number of fused-ring (bicyclic) bond motifs is 10. The van der Waals surface area contributed by atoms with Gasteiger partial charge in [-0.2, -0.15) is 0 Å². The summed E-state index contributed by atoms with van der Waals surface area (Å²) in [4.78, 5) is 7.42. The van der Waals surface area contributed by atoms with Crippen molar-refractivity contribution in [1.29, 1.82) is 0 Å². The second-order valence-corrected chi connectivity index (χ2v) is 15.9. The molecule has 0 amide bonds. The molecule has 0 saturated heterocycles. The van der Waals surface area contributed by atoms with Crippen molar-refractivity contribution in [3.63, 3.8) is 0 Å². The molecule has 8 rings (SSSR count). The van der Waals surface area contributed by atoms with Gasteiger partial charge in [-0.3, -0.25) is 0 Å². The highest BCUT2D eigenvalue weighted by molar-refractivity contribution is 6.20. The summed E-state index contributed by atoms with van der Waals surface area (Å²) >= 11 is 0. The Labute approximate surface area is 305 Å². The Bertz CT molecular complexity index is 2580. The van der Waals surface area contributed by atoms with Gasteiger partial charge in [0.05, 0.1) is 22.1 Å². The smallest absolute Gasteiger partial charge is 0.132 e. The van der Waals surface area contributed by atoms with Crippen molar-refractivity contribution in [1.82, 2.24) is 9.97 Å². The quantitative estimate of drug-likeness (QED) is 0.125. The summed E-state index contributed by atoms with van der Waals surface area (Å²) in [7, 11) is 0. The van der Waals surface area contributed by atoms with Crippen LogP contribution in [0.2, 0.25) is 0 Å². The summed E-state index contributed by atoms with van der Waals surface area (Å²) in [6.07, 6.45) is 16.9. The van der Waals surface area contributed by atoms with Gasteiger partial charge in [0.2, 0.25) is 0 Å². The molecule has 4 aromatic carbocycles. The van der Waals surface area contributed by atoms with Crippen molar-refractivity contribution >= 4 is 55.8 Å². The van der Waals surface area contributed by atoms with Crippen LogP contribution >= 0.6 is 0 Å². The van der Waals surface area contributed by atoms with Crippen molar-refractivity contribution in [2.24, 2.45) is 0 Å². The van der Waals surface area contributed by atoms with Gasteiger partial charge in [-0.1, -0.05) is 23.3 Å². The zero-order valence-electron chi connectivity index (χ0n) is 31.5. The number of aromatic hydroxyl groups is 2. The molecule has 6 aromatic rings. The van der Waals surface area contributed by atoms with Gasteiger partial charge >= 0.3 is 0 Å². The zero-order chi connectivity index (χ0) is 36.7. The number of aryl methyl sites for hydroxylation is 2. The van der Waals surface area contributed by atoms with Gasteiger partial charge in [-0.15, -0.1) is 0 Å². The molecular weight excluding hydrogens is 645 g/mol. The second-order valence-electron chi connectivity index (χ2n) is 15.9. The van der Waals surface area contributed by atoms with E-state index in [9.17, 15) is 10.2 Å². The molecule has 52 heavy (non-hydrogen) atoms. The number of hydrogen-bond acceptors (Lipinski definition) is 4. The van der Waals surface area contributed by atoms with Crippen LogP contribution in [0.4, 0.5) is 0 Å². The first-order chi connectivity index (χ1) is 24.7. The topological polar surface area (TPSA) is 90.5 Å². The first-order valence-corrected chi connectivity index (χ1v) is 18.4. The van der Waals surface area contributed by atoms with Crippen LogP contribution in [0.1, 0.15) is 89.5 Å². The minimum Gasteiger partial charge on any atom is -0.508 e. The van der Waals surface area contributed by atoms with Crippen LogP contribution in [0.3, 0.4) is 0 Å². The lowest BCUT2D eigenvalue weighted by molar-refractivity contribution is 0.127. The van der Waals surface area contributed by atoms with E-state index in [1.54, 1.807) is 18.2 Å². The molecule has 266 valence electrons. The number of rotatable bonds is 7. The SMILES string of the molecule is CC(C)=CCC[C@]1(C)C=Cc2c(c(C)cc3c2[nH]c2c(-c4c(O)ccc5c4[nH]c4c6c(c(C)cc45)O[C@](C)(CCC=C(C)C)C=C6)cc(O)cc23)O1. The normalized spacial score (nSPS) is 19.2. The third-order valence-electron chi connectivity index (χ3n) is 10.9. The monoisotopic (exact) mass is 692 g/mol. The molecule has 0 radical (unpaired) electrons. The number of aromatic amines is 2. The van der Waals surface area contributed by atoms with Crippen LogP contribution in [0.15, 0.2) is 71.8 Å². The van der Waals surface area contributed by atoms with E-state index in [0.717, 1.165) is 103 Å². The fourth-order valence-electron chi connectivity index (χ4n) is 8.19. The van der Waals surface area contributed by atoms with E-state index >= 15 is 0 Å². The summed E-state index contributed by atoms with van der Waals surface area (Å²) in [5.41, 5.74) is 10.8. The molecule has 2 aliphatic heterocycles. The minimum atomic E-state index is -0.411. The fourth-order valence-corrected chi connectivity index (χ4v) is 8.19. The number of H-pyrrole nitrogens is 2. The highest BCUT2D eigenvalue weighted by Crippen LogP contribution is 2.49. The van der Waals surface area contributed by atoms with Gasteiger partial charge in [0.25, 0.3) is 0 Å². The largest absolute Gasteiger partial charge is 0.508 e. The van der Waals surface area contributed by atoms with E-state index in [2.05, 4.69) is 114 Å². The summed E-state index contributed by atoms with van der Waals surface area (Å²) in [5.74, 6) is 2.01. The maximum absolute atomic E-state index is 11.6. The Morgan fingerprint density at radius 1 is 0.654 bits per heavy atom. The van der Waals surface area contributed by atoms with Crippen molar-refractivity contribution < 1.29 is 19.7 Å². The standard InChI is InChI=1S/C46H48N2O4/c1-25(2)11-9-17-45(7)19-15-31-39-33(21-27(5)43(31)51-45)30-13-14-37(50)38(42(30)48-39)36-24-29(49)23-35-34-22-28(6)44-32(40(34)47-41(35)36)16-20-46(8,52-44)18-10-12-26(3)4/h11-16,19-24,47-50H,9-10,17-18H2,1-8H3/t45-,46-/m1/s1. The number of allylic oxidation sites excluding steroid dienone is 4. The molecule has 0 fully saturated rings.